The molecule has 0 fully saturated rings. The van der Waals surface area contributed by atoms with Crippen LogP contribution in [-0.2, 0) is 10.1 Å². The molecule has 2 aromatic heterocycles. The average molecular weight is 460 g/mol. The number of aromatic nitrogens is 2. The Kier molecular flexibility index (Phi) is 5.85. The summed E-state index contributed by atoms with van der Waals surface area (Å²) in [5, 5.41) is 5.21. The molecule has 0 aliphatic heterocycles. The van der Waals surface area contributed by atoms with Crippen LogP contribution in [0.4, 0.5) is 23.1 Å². The summed E-state index contributed by atoms with van der Waals surface area (Å²) in [5.41, 5.74) is -3.93. The number of benzene rings is 1. The Balaban J connectivity index is 2.14. The maximum atomic E-state index is 12.7. The lowest BCUT2D eigenvalue weighted by atomic mass is 10.1. The molecular formula is C17H15F3N4O4S2. The molecule has 13 heteroatoms. The Morgan fingerprint density at radius 2 is 2.00 bits per heavy atom. The van der Waals surface area contributed by atoms with E-state index in [4.69, 9.17) is 0 Å². The summed E-state index contributed by atoms with van der Waals surface area (Å²) in [5.74, 6) is -0.576. The molecule has 8 nitrogen and oxygen atoms in total. The highest BCUT2D eigenvalue weighted by Crippen LogP contribution is 2.39. The number of thiazole rings is 1. The lowest BCUT2D eigenvalue weighted by Gasteiger charge is -2.11. The third-order valence-electron chi connectivity index (χ3n) is 3.70. The molecule has 0 aliphatic carbocycles. The smallest absolute Gasteiger partial charge is 0.376 e. The summed E-state index contributed by atoms with van der Waals surface area (Å²) >= 11 is 1.06. The minimum atomic E-state index is -5.87. The van der Waals surface area contributed by atoms with Crippen molar-refractivity contribution in [2.24, 2.45) is 0 Å². The van der Waals surface area contributed by atoms with Crippen LogP contribution in [0, 0.1) is 6.92 Å². The lowest BCUT2D eigenvalue weighted by Crippen LogP contribution is -2.28. The van der Waals surface area contributed by atoms with Crippen molar-refractivity contribution < 1.29 is 30.6 Å². The second-order valence-corrected chi connectivity index (χ2v) is 8.56. The monoisotopic (exact) mass is 460 g/mol. The zero-order valence-corrected chi connectivity index (χ0v) is 17.2. The minimum absolute atomic E-state index is 0.139. The van der Waals surface area contributed by atoms with Gasteiger partial charge < -0.3 is 9.50 Å². The van der Waals surface area contributed by atoms with Crippen molar-refractivity contribution in [1.82, 2.24) is 15.3 Å². The Hall–Kier alpha value is -2.93. The van der Waals surface area contributed by atoms with E-state index in [1.165, 1.54) is 6.20 Å². The summed E-state index contributed by atoms with van der Waals surface area (Å²) in [6.45, 7) is 3.90. The number of pyridine rings is 1. The highest BCUT2D eigenvalue weighted by atomic mass is 32.2. The summed E-state index contributed by atoms with van der Waals surface area (Å²) in [6, 6.07) is 5.08. The summed E-state index contributed by atoms with van der Waals surface area (Å²) in [6.07, 6.45) is 1.51. The third-order valence-corrected chi connectivity index (χ3v) is 5.70. The SMILES string of the molecule is CCNC(=O)Nc1nc2cc(OS(=O)(=O)C(F)(F)F)cc(-c3cc(C)ccn3)c2s1. The van der Waals surface area contributed by atoms with Crippen LogP contribution in [0.15, 0.2) is 30.5 Å². The number of rotatable bonds is 5. The molecule has 0 radical (unpaired) electrons. The van der Waals surface area contributed by atoms with Crippen molar-refractivity contribution in [1.29, 1.82) is 0 Å². The van der Waals surface area contributed by atoms with Gasteiger partial charge in [0.15, 0.2) is 5.13 Å². The number of amides is 2. The van der Waals surface area contributed by atoms with Gasteiger partial charge in [-0.3, -0.25) is 10.3 Å². The Bertz CT molecular complexity index is 1210. The van der Waals surface area contributed by atoms with Gasteiger partial charge in [-0.15, -0.1) is 0 Å². The standard InChI is InChI=1S/C17H15F3N4O4S2/c1-3-21-15(25)24-16-23-13-8-10(28-30(26,27)17(18,19)20)7-11(14(13)29-16)12-6-9(2)4-5-22-12/h4-8H,3H2,1-2H3,(H2,21,23,24,25). The molecular weight excluding hydrogens is 445 g/mol. The van der Waals surface area contributed by atoms with Crippen molar-refractivity contribution in [3.05, 3.63) is 36.0 Å². The topological polar surface area (TPSA) is 110 Å². The Morgan fingerprint density at radius 1 is 1.27 bits per heavy atom. The molecule has 0 bridgehead atoms. The third kappa shape index (κ3) is 4.62. The lowest BCUT2D eigenvalue weighted by molar-refractivity contribution is -0.0500. The molecule has 0 atom stereocenters. The summed E-state index contributed by atoms with van der Waals surface area (Å²) in [4.78, 5) is 20.1. The number of fused-ring (bicyclic) bond motifs is 1. The van der Waals surface area contributed by atoms with E-state index in [-0.39, 0.29) is 10.6 Å². The number of carbonyl (C=O) groups is 1. The molecule has 30 heavy (non-hydrogen) atoms. The van der Waals surface area contributed by atoms with Crippen LogP contribution in [-0.4, -0.2) is 36.5 Å². The largest absolute Gasteiger partial charge is 0.534 e. The fraction of sp³-hybridized carbons (Fsp3) is 0.235. The van der Waals surface area contributed by atoms with E-state index in [1.54, 1.807) is 26.0 Å². The average Bonchev–Trinajstić information content (AvgIpc) is 3.02. The zero-order chi connectivity index (χ0) is 22.1. The summed E-state index contributed by atoms with van der Waals surface area (Å²) in [7, 11) is -5.87. The zero-order valence-electron chi connectivity index (χ0n) is 15.6. The second-order valence-electron chi connectivity index (χ2n) is 6.02. The van der Waals surface area contributed by atoms with Gasteiger partial charge in [0.25, 0.3) is 0 Å². The molecule has 1 aromatic carbocycles. The molecule has 0 saturated heterocycles. The number of halogens is 3. The maximum absolute atomic E-state index is 12.7. The van der Waals surface area contributed by atoms with Crippen molar-refractivity contribution in [2.45, 2.75) is 19.4 Å². The molecule has 2 amide bonds. The van der Waals surface area contributed by atoms with Crippen LogP contribution in [0.25, 0.3) is 21.5 Å². The number of nitrogens with one attached hydrogen (secondary N) is 2. The molecule has 2 heterocycles. The van der Waals surface area contributed by atoms with Crippen molar-refractivity contribution in [3.8, 4) is 17.0 Å². The van der Waals surface area contributed by atoms with E-state index >= 15 is 0 Å². The molecule has 3 aromatic rings. The number of hydrogen-bond donors (Lipinski definition) is 2. The number of anilines is 1. The molecule has 160 valence electrons. The molecule has 0 unspecified atom stereocenters. The van der Waals surface area contributed by atoms with Gasteiger partial charge in [0.05, 0.1) is 15.9 Å². The van der Waals surface area contributed by atoms with Crippen LogP contribution in [0.1, 0.15) is 12.5 Å². The van der Waals surface area contributed by atoms with Gasteiger partial charge in [0.1, 0.15) is 5.75 Å². The normalized spacial score (nSPS) is 12.0. The van der Waals surface area contributed by atoms with Gasteiger partial charge in [0, 0.05) is 24.4 Å². The van der Waals surface area contributed by atoms with E-state index in [1.807, 2.05) is 0 Å². The van der Waals surface area contributed by atoms with Gasteiger partial charge in [-0.05, 0) is 37.6 Å². The first kappa shape index (κ1) is 21.8. The fourth-order valence-corrected chi connectivity index (χ4v) is 3.87. The molecule has 0 saturated carbocycles. The molecule has 0 spiro atoms. The van der Waals surface area contributed by atoms with Crippen molar-refractivity contribution in [2.75, 3.05) is 11.9 Å². The van der Waals surface area contributed by atoms with Crippen molar-refractivity contribution >= 4 is 42.8 Å². The second kappa shape index (κ2) is 8.07. The van der Waals surface area contributed by atoms with Crippen LogP contribution < -0.4 is 14.8 Å². The number of urea groups is 1. The van der Waals surface area contributed by atoms with E-state index < -0.39 is 27.4 Å². The van der Waals surface area contributed by atoms with E-state index in [0.717, 1.165) is 29.0 Å². The van der Waals surface area contributed by atoms with Gasteiger partial charge in [-0.2, -0.15) is 21.6 Å². The van der Waals surface area contributed by atoms with Crippen LogP contribution in [0.2, 0.25) is 0 Å². The van der Waals surface area contributed by atoms with Gasteiger partial charge in [-0.1, -0.05) is 11.3 Å². The highest BCUT2D eigenvalue weighted by Gasteiger charge is 2.48. The first-order chi connectivity index (χ1) is 14.0. The molecule has 3 rings (SSSR count). The molecule has 0 aliphatic rings. The first-order valence-electron chi connectivity index (χ1n) is 8.43. The first-order valence-corrected chi connectivity index (χ1v) is 10.7. The van der Waals surface area contributed by atoms with Crippen LogP contribution in [0.3, 0.4) is 0 Å². The number of nitrogens with zero attached hydrogens (tertiary/aromatic N) is 2. The Morgan fingerprint density at radius 3 is 2.63 bits per heavy atom. The highest BCUT2D eigenvalue weighted by molar-refractivity contribution is 7.88. The fourth-order valence-electron chi connectivity index (χ4n) is 2.46. The molecule has 2 N–H and O–H groups in total. The van der Waals surface area contributed by atoms with E-state index in [9.17, 15) is 26.4 Å². The Labute approximate surface area is 173 Å². The quantitative estimate of drug-likeness (QED) is 0.439. The minimum Gasteiger partial charge on any atom is -0.376 e. The predicted molar refractivity (Wildman–Crippen MR) is 106 cm³/mol. The van der Waals surface area contributed by atoms with Crippen LogP contribution in [0.5, 0.6) is 5.75 Å². The van der Waals surface area contributed by atoms with Gasteiger partial charge in [0.2, 0.25) is 0 Å². The number of aryl methyl sites for hydroxylation is 1. The number of alkyl halides is 3. The number of hydrogen-bond acceptors (Lipinski definition) is 7. The number of carbonyl (C=O) groups excluding carboxylic acids is 1. The van der Waals surface area contributed by atoms with Crippen molar-refractivity contribution in [3.63, 3.8) is 0 Å². The predicted octanol–water partition coefficient (Wildman–Crippen LogP) is 4.04. The van der Waals surface area contributed by atoms with E-state index in [2.05, 4.69) is 24.8 Å². The van der Waals surface area contributed by atoms with Gasteiger partial charge >= 0.3 is 21.7 Å². The maximum Gasteiger partial charge on any atom is 0.534 e. The van der Waals surface area contributed by atoms with E-state index in [0.29, 0.717) is 22.5 Å². The van der Waals surface area contributed by atoms with Gasteiger partial charge in [-0.25, -0.2) is 9.78 Å². The summed E-state index contributed by atoms with van der Waals surface area (Å²) < 4.78 is 65.8. The van der Waals surface area contributed by atoms with Crippen LogP contribution >= 0.6 is 11.3 Å².